The fourth-order valence-electron chi connectivity index (χ4n) is 1.65. The van der Waals surface area contributed by atoms with Crippen LogP contribution in [-0.4, -0.2) is 36.2 Å². The van der Waals surface area contributed by atoms with E-state index in [1.807, 2.05) is 0 Å². The van der Waals surface area contributed by atoms with E-state index in [-0.39, 0.29) is 11.4 Å². The Morgan fingerprint density at radius 1 is 1.33 bits per heavy atom. The summed E-state index contributed by atoms with van der Waals surface area (Å²) >= 11 is 0. The second kappa shape index (κ2) is 6.36. The quantitative estimate of drug-likeness (QED) is 0.845. The zero-order valence-electron chi connectivity index (χ0n) is 11.4. The number of benzene rings is 1. The summed E-state index contributed by atoms with van der Waals surface area (Å²) in [5, 5.41) is 0.920. The van der Waals surface area contributed by atoms with E-state index in [0.717, 1.165) is 11.5 Å². The van der Waals surface area contributed by atoms with Crippen LogP contribution in [0.15, 0.2) is 59.1 Å². The van der Waals surface area contributed by atoms with Gasteiger partial charge >= 0.3 is 0 Å². The van der Waals surface area contributed by atoms with Gasteiger partial charge in [0.1, 0.15) is 5.82 Å². The highest BCUT2D eigenvalue weighted by atomic mass is 32.2. The number of nitrogens with one attached hydrogen (secondary N) is 1. The molecular formula is C14H15N3O3S. The Bertz CT molecular complexity index is 722. The number of sulfone groups is 1. The van der Waals surface area contributed by atoms with Crippen molar-refractivity contribution in [3.63, 3.8) is 0 Å². The fourth-order valence-corrected chi connectivity index (χ4v) is 2.64. The van der Waals surface area contributed by atoms with Crippen molar-refractivity contribution in [2.45, 2.75) is 11.4 Å². The number of aromatic nitrogens is 2. The van der Waals surface area contributed by atoms with Gasteiger partial charge in [-0.1, -0.05) is 18.2 Å². The summed E-state index contributed by atoms with van der Waals surface area (Å²) < 4.78 is 24.0. The minimum absolute atomic E-state index is 0.155. The average Bonchev–Trinajstić information content (AvgIpc) is 2.98. The van der Waals surface area contributed by atoms with Crippen LogP contribution in [0.3, 0.4) is 0 Å². The van der Waals surface area contributed by atoms with E-state index >= 15 is 0 Å². The molecule has 0 aliphatic carbocycles. The standard InChI is InChI=1S/C14H15N3O3S/c1-17(11-13-15-8-9-16-13)14(18)7-10-21(19,20)12-5-3-2-4-6-12/h2-10H,11H2,1H3,(H,15,16). The lowest BCUT2D eigenvalue weighted by Crippen LogP contribution is -2.25. The van der Waals surface area contributed by atoms with Crippen LogP contribution in [0.1, 0.15) is 5.82 Å². The molecule has 0 fully saturated rings. The number of likely N-dealkylation sites (N-methyl/N-ethyl adjacent to an activating group) is 1. The number of amides is 1. The molecule has 0 bridgehead atoms. The summed E-state index contributed by atoms with van der Waals surface area (Å²) in [5.41, 5.74) is 0. The Balaban J connectivity index is 2.05. The molecule has 1 heterocycles. The summed E-state index contributed by atoms with van der Waals surface area (Å²) in [5.74, 6) is 0.219. The van der Waals surface area contributed by atoms with Gasteiger partial charge in [-0.25, -0.2) is 13.4 Å². The Hall–Kier alpha value is -2.41. The topological polar surface area (TPSA) is 83.1 Å². The van der Waals surface area contributed by atoms with E-state index in [4.69, 9.17) is 0 Å². The lowest BCUT2D eigenvalue weighted by atomic mass is 10.4. The highest BCUT2D eigenvalue weighted by molar-refractivity contribution is 7.94. The summed E-state index contributed by atoms with van der Waals surface area (Å²) in [6, 6.07) is 7.95. The summed E-state index contributed by atoms with van der Waals surface area (Å²) in [6.07, 6.45) is 4.29. The Morgan fingerprint density at radius 3 is 2.67 bits per heavy atom. The van der Waals surface area contributed by atoms with E-state index < -0.39 is 15.7 Å². The lowest BCUT2D eigenvalue weighted by Gasteiger charge is -2.12. The van der Waals surface area contributed by atoms with Crippen LogP contribution in [-0.2, 0) is 21.2 Å². The van der Waals surface area contributed by atoms with Crippen LogP contribution in [0.5, 0.6) is 0 Å². The van der Waals surface area contributed by atoms with Crippen LogP contribution in [0.2, 0.25) is 0 Å². The molecule has 0 unspecified atom stereocenters. The van der Waals surface area contributed by atoms with Gasteiger partial charge in [0.25, 0.3) is 0 Å². The third-order valence-corrected chi connectivity index (χ3v) is 4.20. The highest BCUT2D eigenvalue weighted by Gasteiger charge is 2.12. The molecule has 1 aromatic heterocycles. The van der Waals surface area contributed by atoms with E-state index in [9.17, 15) is 13.2 Å². The van der Waals surface area contributed by atoms with Crippen LogP contribution < -0.4 is 0 Å². The zero-order valence-corrected chi connectivity index (χ0v) is 12.2. The third-order valence-electron chi connectivity index (χ3n) is 2.78. The molecule has 0 radical (unpaired) electrons. The van der Waals surface area contributed by atoms with E-state index in [2.05, 4.69) is 9.97 Å². The first-order valence-electron chi connectivity index (χ1n) is 6.20. The smallest absolute Gasteiger partial charge is 0.247 e. The third kappa shape index (κ3) is 4.03. The SMILES string of the molecule is CN(Cc1ncc[nH]1)C(=O)C=CS(=O)(=O)c1ccccc1. The fraction of sp³-hybridized carbons (Fsp3) is 0.143. The molecule has 2 aromatic rings. The molecule has 0 saturated heterocycles. The van der Waals surface area contributed by atoms with E-state index in [0.29, 0.717) is 5.82 Å². The van der Waals surface area contributed by atoms with Crippen molar-refractivity contribution in [3.05, 3.63) is 60.0 Å². The normalized spacial score (nSPS) is 11.7. The van der Waals surface area contributed by atoms with E-state index in [1.165, 1.54) is 17.0 Å². The molecule has 0 atom stereocenters. The van der Waals surface area contributed by atoms with Crippen LogP contribution in [0, 0.1) is 0 Å². The molecule has 2 rings (SSSR count). The summed E-state index contributed by atoms with van der Waals surface area (Å²) in [4.78, 5) is 20.3. The summed E-state index contributed by atoms with van der Waals surface area (Å²) in [6.45, 7) is 0.279. The largest absolute Gasteiger partial charge is 0.347 e. The number of hydrogen-bond acceptors (Lipinski definition) is 4. The number of aromatic amines is 1. The van der Waals surface area contributed by atoms with Crippen molar-refractivity contribution in [2.75, 3.05) is 7.05 Å². The van der Waals surface area contributed by atoms with Gasteiger partial charge in [-0.15, -0.1) is 0 Å². The molecule has 0 aliphatic heterocycles. The predicted octanol–water partition coefficient (Wildman–Crippen LogP) is 1.36. The van der Waals surface area contributed by atoms with Gasteiger partial charge in [0, 0.05) is 30.9 Å². The van der Waals surface area contributed by atoms with Crippen molar-refractivity contribution in [3.8, 4) is 0 Å². The van der Waals surface area contributed by atoms with Crippen molar-refractivity contribution < 1.29 is 13.2 Å². The molecule has 21 heavy (non-hydrogen) atoms. The average molecular weight is 305 g/mol. The lowest BCUT2D eigenvalue weighted by molar-refractivity contribution is -0.125. The molecule has 7 heteroatoms. The maximum Gasteiger partial charge on any atom is 0.247 e. The highest BCUT2D eigenvalue weighted by Crippen LogP contribution is 2.11. The van der Waals surface area contributed by atoms with Gasteiger partial charge in [-0.05, 0) is 12.1 Å². The van der Waals surface area contributed by atoms with Gasteiger partial charge in [-0.3, -0.25) is 4.79 Å². The molecule has 6 nitrogen and oxygen atoms in total. The molecule has 1 amide bonds. The second-order valence-electron chi connectivity index (χ2n) is 4.39. The molecule has 110 valence electrons. The molecule has 1 aromatic carbocycles. The minimum atomic E-state index is -3.60. The second-order valence-corrected chi connectivity index (χ2v) is 6.22. The van der Waals surface area contributed by atoms with Crippen molar-refractivity contribution in [1.29, 1.82) is 0 Å². The van der Waals surface area contributed by atoms with Crippen molar-refractivity contribution in [1.82, 2.24) is 14.9 Å². The molecule has 0 saturated carbocycles. The number of nitrogens with zero attached hydrogens (tertiary/aromatic N) is 2. The number of carbonyl (C=O) groups is 1. The first-order chi connectivity index (χ1) is 9.99. The number of H-pyrrole nitrogens is 1. The van der Waals surface area contributed by atoms with Crippen LogP contribution in [0.4, 0.5) is 0 Å². The van der Waals surface area contributed by atoms with Crippen LogP contribution >= 0.6 is 0 Å². The first kappa shape index (κ1) is 15.0. The first-order valence-corrected chi connectivity index (χ1v) is 7.75. The molecular weight excluding hydrogens is 290 g/mol. The number of rotatable bonds is 5. The monoisotopic (exact) mass is 305 g/mol. The van der Waals surface area contributed by atoms with Gasteiger partial charge in [0.15, 0.2) is 9.84 Å². The van der Waals surface area contributed by atoms with Crippen LogP contribution in [0.25, 0.3) is 0 Å². The van der Waals surface area contributed by atoms with Crippen molar-refractivity contribution >= 4 is 15.7 Å². The molecule has 0 aliphatic rings. The number of hydrogen-bond donors (Lipinski definition) is 1. The van der Waals surface area contributed by atoms with Crippen molar-refractivity contribution in [2.24, 2.45) is 0 Å². The zero-order chi connectivity index (χ0) is 15.3. The number of imidazole rings is 1. The maximum absolute atomic E-state index is 12.0. The minimum Gasteiger partial charge on any atom is -0.347 e. The van der Waals surface area contributed by atoms with Gasteiger partial charge in [0.05, 0.1) is 11.4 Å². The summed E-state index contributed by atoms with van der Waals surface area (Å²) in [7, 11) is -2.03. The predicted molar refractivity (Wildman–Crippen MR) is 77.8 cm³/mol. The van der Waals surface area contributed by atoms with Gasteiger partial charge < -0.3 is 9.88 Å². The van der Waals surface area contributed by atoms with E-state index in [1.54, 1.807) is 37.6 Å². The Labute approximate surface area is 123 Å². The molecule has 1 N–H and O–H groups in total. The maximum atomic E-state index is 12.0. The number of carbonyl (C=O) groups excluding carboxylic acids is 1. The Morgan fingerprint density at radius 2 is 2.05 bits per heavy atom. The van der Waals surface area contributed by atoms with Gasteiger partial charge in [0.2, 0.25) is 5.91 Å². The van der Waals surface area contributed by atoms with Gasteiger partial charge in [-0.2, -0.15) is 0 Å². The Kier molecular flexibility index (Phi) is 4.54. The molecule has 0 spiro atoms.